The van der Waals surface area contributed by atoms with E-state index in [2.05, 4.69) is 26.1 Å². The molecule has 3 N–H and O–H groups in total. The Morgan fingerprint density at radius 1 is 1.26 bits per heavy atom. The van der Waals surface area contributed by atoms with Crippen LogP contribution in [0.3, 0.4) is 0 Å². The molecular formula is C14H27ClN2O2. The van der Waals surface area contributed by atoms with Gasteiger partial charge in [0.15, 0.2) is 0 Å². The Labute approximate surface area is 122 Å². The second-order valence-electron chi connectivity index (χ2n) is 6.75. The van der Waals surface area contributed by atoms with Crippen molar-refractivity contribution in [1.29, 1.82) is 0 Å². The molecule has 2 aliphatic carbocycles. The highest BCUT2D eigenvalue weighted by molar-refractivity contribution is 5.86. The average molecular weight is 291 g/mol. The molecule has 0 bridgehead atoms. The first-order chi connectivity index (χ1) is 8.25. The lowest BCUT2D eigenvalue weighted by molar-refractivity contribution is -0.183. The Morgan fingerprint density at radius 3 is 2.21 bits per heavy atom. The van der Waals surface area contributed by atoms with Crippen LogP contribution in [0, 0.1) is 5.41 Å². The molecule has 0 spiro atoms. The SMILES string of the molecule is COC1(C)CC(NC(=O)C2(N)CCCC2)C1(C)C.Cl. The Hall–Kier alpha value is -0.320. The van der Waals surface area contributed by atoms with Crippen molar-refractivity contribution in [2.24, 2.45) is 11.1 Å². The van der Waals surface area contributed by atoms with E-state index < -0.39 is 5.54 Å². The molecule has 0 heterocycles. The number of ether oxygens (including phenoxy) is 1. The second-order valence-corrected chi connectivity index (χ2v) is 6.75. The molecule has 0 saturated heterocycles. The van der Waals surface area contributed by atoms with Crippen LogP contribution >= 0.6 is 12.4 Å². The molecule has 2 saturated carbocycles. The molecule has 2 atom stereocenters. The van der Waals surface area contributed by atoms with Gasteiger partial charge in [-0.15, -0.1) is 12.4 Å². The summed E-state index contributed by atoms with van der Waals surface area (Å²) >= 11 is 0. The second kappa shape index (κ2) is 5.23. The summed E-state index contributed by atoms with van der Waals surface area (Å²) in [6.07, 6.45) is 4.61. The maximum Gasteiger partial charge on any atom is 0.240 e. The zero-order chi connectivity index (χ0) is 13.6. The van der Waals surface area contributed by atoms with Gasteiger partial charge in [-0.25, -0.2) is 0 Å². The molecule has 2 aliphatic rings. The van der Waals surface area contributed by atoms with Gasteiger partial charge in [0.25, 0.3) is 0 Å². The minimum absolute atomic E-state index is 0. The molecule has 2 unspecified atom stereocenters. The third-order valence-corrected chi connectivity index (χ3v) is 5.53. The van der Waals surface area contributed by atoms with E-state index >= 15 is 0 Å². The van der Waals surface area contributed by atoms with Crippen LogP contribution in [0.4, 0.5) is 0 Å². The topological polar surface area (TPSA) is 64.3 Å². The monoisotopic (exact) mass is 290 g/mol. The van der Waals surface area contributed by atoms with Gasteiger partial charge in [0, 0.05) is 18.6 Å². The molecule has 0 radical (unpaired) electrons. The number of nitrogens with two attached hydrogens (primary N) is 1. The highest BCUT2D eigenvalue weighted by atomic mass is 35.5. The quantitative estimate of drug-likeness (QED) is 0.835. The van der Waals surface area contributed by atoms with Crippen LogP contribution in [0.5, 0.6) is 0 Å². The predicted octanol–water partition coefficient (Wildman–Crippen LogP) is 2.00. The fraction of sp³-hybridized carbons (Fsp3) is 0.929. The summed E-state index contributed by atoms with van der Waals surface area (Å²) in [6.45, 7) is 6.38. The number of carbonyl (C=O) groups excluding carboxylic acids is 1. The number of nitrogens with one attached hydrogen (secondary N) is 1. The first-order valence-corrected chi connectivity index (χ1v) is 6.90. The van der Waals surface area contributed by atoms with E-state index in [9.17, 15) is 4.79 Å². The lowest BCUT2D eigenvalue weighted by Gasteiger charge is -2.59. The molecule has 0 aliphatic heterocycles. The summed E-state index contributed by atoms with van der Waals surface area (Å²) in [5.41, 5.74) is 5.35. The van der Waals surface area contributed by atoms with Gasteiger partial charge in [0.2, 0.25) is 5.91 Å². The molecule has 0 aromatic heterocycles. The maximum atomic E-state index is 12.3. The molecule has 2 fully saturated rings. The molecule has 4 nitrogen and oxygen atoms in total. The van der Waals surface area contributed by atoms with Crippen LogP contribution in [-0.2, 0) is 9.53 Å². The Kier molecular flexibility index (Phi) is 4.60. The summed E-state index contributed by atoms with van der Waals surface area (Å²) in [4.78, 5) is 12.3. The first kappa shape index (κ1) is 16.7. The minimum Gasteiger partial charge on any atom is -0.378 e. The molecule has 19 heavy (non-hydrogen) atoms. The van der Waals surface area contributed by atoms with E-state index in [1.165, 1.54) is 0 Å². The summed E-state index contributed by atoms with van der Waals surface area (Å²) in [7, 11) is 1.74. The number of amides is 1. The number of hydrogen-bond donors (Lipinski definition) is 2. The third-order valence-electron chi connectivity index (χ3n) is 5.53. The Bertz CT molecular complexity index is 353. The summed E-state index contributed by atoms with van der Waals surface area (Å²) in [5.74, 6) is 0.0243. The summed E-state index contributed by atoms with van der Waals surface area (Å²) in [5, 5.41) is 3.13. The van der Waals surface area contributed by atoms with Crippen LogP contribution < -0.4 is 11.1 Å². The number of rotatable bonds is 3. The maximum absolute atomic E-state index is 12.3. The molecule has 1 amide bonds. The number of methoxy groups -OCH3 is 1. The average Bonchev–Trinajstić information content (AvgIpc) is 2.76. The van der Waals surface area contributed by atoms with E-state index in [1.807, 2.05) is 0 Å². The number of halogens is 1. The van der Waals surface area contributed by atoms with Crippen molar-refractivity contribution < 1.29 is 9.53 Å². The van der Waals surface area contributed by atoms with Gasteiger partial charge >= 0.3 is 0 Å². The number of hydrogen-bond acceptors (Lipinski definition) is 3. The van der Waals surface area contributed by atoms with Crippen LogP contribution in [0.2, 0.25) is 0 Å². The van der Waals surface area contributed by atoms with Gasteiger partial charge in [-0.2, -0.15) is 0 Å². The van der Waals surface area contributed by atoms with Crippen LogP contribution in [0.1, 0.15) is 52.9 Å². The van der Waals surface area contributed by atoms with E-state index in [-0.39, 0.29) is 35.4 Å². The van der Waals surface area contributed by atoms with Crippen molar-refractivity contribution in [2.75, 3.05) is 7.11 Å². The van der Waals surface area contributed by atoms with Gasteiger partial charge in [-0.1, -0.05) is 26.7 Å². The third kappa shape index (κ3) is 2.50. The van der Waals surface area contributed by atoms with E-state index in [4.69, 9.17) is 10.5 Å². The molecule has 0 aromatic carbocycles. The highest BCUT2D eigenvalue weighted by Gasteiger charge is 2.58. The van der Waals surface area contributed by atoms with E-state index in [0.717, 1.165) is 32.1 Å². The van der Waals surface area contributed by atoms with Gasteiger partial charge < -0.3 is 15.8 Å². The lowest BCUT2D eigenvalue weighted by atomic mass is 9.55. The lowest BCUT2D eigenvalue weighted by Crippen LogP contribution is -2.70. The molecular weight excluding hydrogens is 264 g/mol. The Morgan fingerprint density at radius 2 is 1.79 bits per heavy atom. The van der Waals surface area contributed by atoms with Crippen molar-refractivity contribution >= 4 is 18.3 Å². The van der Waals surface area contributed by atoms with Crippen molar-refractivity contribution in [3.05, 3.63) is 0 Å². The van der Waals surface area contributed by atoms with Crippen LogP contribution in [0.25, 0.3) is 0 Å². The van der Waals surface area contributed by atoms with Crippen molar-refractivity contribution in [3.63, 3.8) is 0 Å². The van der Waals surface area contributed by atoms with Gasteiger partial charge in [-0.05, 0) is 26.2 Å². The van der Waals surface area contributed by atoms with Crippen LogP contribution in [0.15, 0.2) is 0 Å². The fourth-order valence-electron chi connectivity index (χ4n) is 3.26. The zero-order valence-corrected chi connectivity index (χ0v) is 13.2. The van der Waals surface area contributed by atoms with E-state index in [1.54, 1.807) is 7.11 Å². The van der Waals surface area contributed by atoms with Gasteiger partial charge in [-0.3, -0.25) is 4.79 Å². The number of carbonyl (C=O) groups is 1. The summed E-state index contributed by atoms with van der Waals surface area (Å²) in [6, 6.07) is 0.163. The predicted molar refractivity (Wildman–Crippen MR) is 78.4 cm³/mol. The summed E-state index contributed by atoms with van der Waals surface area (Å²) < 4.78 is 5.57. The highest BCUT2D eigenvalue weighted by Crippen LogP contribution is 2.51. The molecule has 112 valence electrons. The van der Waals surface area contributed by atoms with Crippen LogP contribution in [-0.4, -0.2) is 30.2 Å². The van der Waals surface area contributed by atoms with Gasteiger partial charge in [0.1, 0.15) is 0 Å². The van der Waals surface area contributed by atoms with Crippen molar-refractivity contribution in [2.45, 2.75) is 70.1 Å². The zero-order valence-electron chi connectivity index (χ0n) is 12.4. The first-order valence-electron chi connectivity index (χ1n) is 6.90. The molecule has 0 aromatic rings. The van der Waals surface area contributed by atoms with Crippen molar-refractivity contribution in [1.82, 2.24) is 5.32 Å². The standard InChI is InChI=1S/C14H26N2O2.ClH/c1-12(2)10(9-13(12,3)18-4)16-11(17)14(15)7-5-6-8-14;/h10H,5-9,15H2,1-4H3,(H,16,17);1H. The normalized spacial score (nSPS) is 35.1. The van der Waals surface area contributed by atoms with Crippen molar-refractivity contribution in [3.8, 4) is 0 Å². The van der Waals surface area contributed by atoms with Gasteiger partial charge in [0.05, 0.1) is 11.1 Å². The fourth-order valence-corrected chi connectivity index (χ4v) is 3.26. The molecule has 2 rings (SSSR count). The molecule has 5 heteroatoms. The Balaban J connectivity index is 0.00000180. The van der Waals surface area contributed by atoms with E-state index in [0.29, 0.717) is 0 Å². The largest absolute Gasteiger partial charge is 0.378 e. The smallest absolute Gasteiger partial charge is 0.240 e. The minimum atomic E-state index is -0.630.